The third kappa shape index (κ3) is 1.98. The van der Waals surface area contributed by atoms with Gasteiger partial charge in [-0.25, -0.2) is 4.79 Å². The minimum absolute atomic E-state index is 0.0413. The third-order valence-electron chi connectivity index (χ3n) is 2.96. The number of aromatic carboxylic acids is 1. The zero-order valence-corrected chi connectivity index (χ0v) is 10.00. The van der Waals surface area contributed by atoms with Crippen LogP contribution in [0.5, 0.6) is 0 Å². The summed E-state index contributed by atoms with van der Waals surface area (Å²) in [6.45, 7) is 1.92. The molecule has 5 heteroatoms. The molecule has 0 saturated carbocycles. The lowest BCUT2D eigenvalue weighted by Gasteiger charge is -2.04. The van der Waals surface area contributed by atoms with E-state index in [4.69, 9.17) is 5.11 Å². The largest absolute Gasteiger partial charge is 0.478 e. The number of carboxylic acids is 1. The molecule has 5 nitrogen and oxygen atoms in total. The van der Waals surface area contributed by atoms with Gasteiger partial charge in [0.15, 0.2) is 0 Å². The van der Waals surface area contributed by atoms with Gasteiger partial charge in [-0.1, -0.05) is 6.07 Å². The second-order valence-corrected chi connectivity index (χ2v) is 4.18. The molecule has 0 saturated heterocycles. The second kappa shape index (κ2) is 4.80. The van der Waals surface area contributed by atoms with E-state index in [1.807, 2.05) is 0 Å². The fraction of sp³-hybridized carbons (Fsp3) is 0.308. The highest BCUT2D eigenvalue weighted by Crippen LogP contribution is 2.29. The van der Waals surface area contributed by atoms with Crippen molar-refractivity contribution in [3.63, 3.8) is 0 Å². The molecule has 2 aromatic rings. The lowest BCUT2D eigenvalue weighted by atomic mass is 10.0. The lowest BCUT2D eigenvalue weighted by Crippen LogP contribution is -2.01. The second-order valence-electron chi connectivity index (χ2n) is 4.18. The highest BCUT2D eigenvalue weighted by molar-refractivity contribution is 6.04. The first kappa shape index (κ1) is 12.6. The molecule has 0 spiro atoms. The van der Waals surface area contributed by atoms with Gasteiger partial charge in [0, 0.05) is 29.2 Å². The minimum atomic E-state index is -1.02. The third-order valence-corrected chi connectivity index (χ3v) is 2.96. The quantitative estimate of drug-likeness (QED) is 0.764. The van der Waals surface area contributed by atoms with Crippen molar-refractivity contribution in [3.05, 3.63) is 35.5 Å². The Balaban J connectivity index is 2.78. The number of hydrogen-bond donors (Lipinski definition) is 3. The summed E-state index contributed by atoms with van der Waals surface area (Å²) >= 11 is 0. The number of aliphatic hydroxyl groups is 2. The molecule has 1 aromatic carbocycles. The number of hydrogen-bond acceptors (Lipinski definition) is 3. The van der Waals surface area contributed by atoms with Gasteiger partial charge >= 0.3 is 5.97 Å². The molecular weight excluding hydrogens is 234 g/mol. The molecule has 0 aliphatic heterocycles. The first-order chi connectivity index (χ1) is 8.56. The van der Waals surface area contributed by atoms with E-state index in [-0.39, 0.29) is 12.2 Å². The number of carbonyl (C=O) groups is 1. The molecule has 0 aliphatic carbocycles. The maximum atomic E-state index is 11.2. The van der Waals surface area contributed by atoms with Crippen LogP contribution in [0.3, 0.4) is 0 Å². The van der Waals surface area contributed by atoms with Gasteiger partial charge in [0.1, 0.15) is 0 Å². The molecule has 3 N–H and O–H groups in total. The van der Waals surface area contributed by atoms with Gasteiger partial charge in [-0.15, -0.1) is 0 Å². The molecular formula is C13H15NO4. The average Bonchev–Trinajstić information content (AvgIpc) is 2.69. The van der Waals surface area contributed by atoms with Crippen LogP contribution in [-0.2, 0) is 6.54 Å². The Morgan fingerprint density at radius 1 is 1.44 bits per heavy atom. The zero-order chi connectivity index (χ0) is 13.3. The Hall–Kier alpha value is -1.85. The van der Waals surface area contributed by atoms with Crippen LogP contribution in [0.15, 0.2) is 24.4 Å². The van der Waals surface area contributed by atoms with Gasteiger partial charge in [0.05, 0.1) is 18.3 Å². The Labute approximate surface area is 104 Å². The van der Waals surface area contributed by atoms with E-state index >= 15 is 0 Å². The number of nitrogens with zero attached hydrogens (tertiary/aromatic N) is 1. The molecule has 1 unspecified atom stereocenters. The number of aromatic nitrogens is 1. The molecule has 0 bridgehead atoms. The van der Waals surface area contributed by atoms with Crippen molar-refractivity contribution >= 4 is 16.9 Å². The molecule has 1 heterocycles. The SMILES string of the molecule is CC(O)c1cn(CCO)c2cccc(C(=O)O)c12. The number of carboxylic acid groups (broad SMARTS) is 1. The highest BCUT2D eigenvalue weighted by Gasteiger charge is 2.18. The van der Waals surface area contributed by atoms with Crippen LogP contribution in [0.25, 0.3) is 10.9 Å². The van der Waals surface area contributed by atoms with Gasteiger partial charge in [-0.05, 0) is 19.1 Å². The van der Waals surface area contributed by atoms with E-state index in [9.17, 15) is 15.0 Å². The molecule has 96 valence electrons. The van der Waals surface area contributed by atoms with Crippen LogP contribution in [0, 0.1) is 0 Å². The van der Waals surface area contributed by atoms with Crippen molar-refractivity contribution in [2.24, 2.45) is 0 Å². The smallest absolute Gasteiger partial charge is 0.336 e. The maximum absolute atomic E-state index is 11.2. The van der Waals surface area contributed by atoms with Crippen molar-refractivity contribution in [1.29, 1.82) is 0 Å². The summed E-state index contributed by atoms with van der Waals surface area (Å²) in [5.74, 6) is -1.02. The normalized spacial score (nSPS) is 12.8. The van der Waals surface area contributed by atoms with E-state index < -0.39 is 12.1 Å². The first-order valence-electron chi connectivity index (χ1n) is 5.70. The summed E-state index contributed by atoms with van der Waals surface area (Å²) in [7, 11) is 0. The van der Waals surface area contributed by atoms with Gasteiger partial charge in [-0.2, -0.15) is 0 Å². The minimum Gasteiger partial charge on any atom is -0.478 e. The van der Waals surface area contributed by atoms with Crippen LogP contribution in [-0.4, -0.2) is 32.5 Å². The number of rotatable bonds is 4. The number of fused-ring (bicyclic) bond motifs is 1. The molecule has 0 fully saturated rings. The monoisotopic (exact) mass is 249 g/mol. The van der Waals surface area contributed by atoms with Gasteiger partial charge in [-0.3, -0.25) is 0 Å². The lowest BCUT2D eigenvalue weighted by molar-refractivity contribution is 0.0699. The first-order valence-corrected chi connectivity index (χ1v) is 5.70. The fourth-order valence-electron chi connectivity index (χ4n) is 2.17. The molecule has 1 aromatic heterocycles. The van der Waals surface area contributed by atoms with Crippen LogP contribution < -0.4 is 0 Å². The van der Waals surface area contributed by atoms with Crippen molar-refractivity contribution in [3.8, 4) is 0 Å². The van der Waals surface area contributed by atoms with Crippen molar-refractivity contribution in [2.75, 3.05) is 6.61 Å². The van der Waals surface area contributed by atoms with Crippen LogP contribution in [0.4, 0.5) is 0 Å². The van der Waals surface area contributed by atoms with E-state index in [0.29, 0.717) is 23.0 Å². The van der Waals surface area contributed by atoms with Gasteiger partial charge < -0.3 is 19.9 Å². The van der Waals surface area contributed by atoms with E-state index in [0.717, 1.165) is 0 Å². The molecule has 0 amide bonds. The van der Waals surface area contributed by atoms with Gasteiger partial charge in [0.25, 0.3) is 0 Å². The molecule has 2 rings (SSSR count). The van der Waals surface area contributed by atoms with E-state index in [1.165, 1.54) is 6.07 Å². The van der Waals surface area contributed by atoms with Crippen molar-refractivity contribution < 1.29 is 20.1 Å². The fourth-order valence-corrected chi connectivity index (χ4v) is 2.17. The van der Waals surface area contributed by atoms with Crippen LogP contribution in [0.1, 0.15) is 28.9 Å². The average molecular weight is 249 g/mol. The summed E-state index contributed by atoms with van der Waals surface area (Å²) in [6, 6.07) is 4.95. The molecule has 18 heavy (non-hydrogen) atoms. The molecule has 1 atom stereocenters. The van der Waals surface area contributed by atoms with Crippen LogP contribution in [0.2, 0.25) is 0 Å². The topological polar surface area (TPSA) is 82.7 Å². The Bertz CT molecular complexity index is 586. The standard InChI is InChI=1S/C13H15NO4/c1-8(16)10-7-14(5-6-15)11-4-2-3-9(12(10)11)13(17)18/h2-4,7-8,15-16H,5-6H2,1H3,(H,17,18). The Morgan fingerprint density at radius 2 is 2.17 bits per heavy atom. The highest BCUT2D eigenvalue weighted by atomic mass is 16.4. The molecule has 0 radical (unpaired) electrons. The predicted molar refractivity (Wildman–Crippen MR) is 66.6 cm³/mol. The van der Waals surface area contributed by atoms with Gasteiger partial charge in [0.2, 0.25) is 0 Å². The number of aliphatic hydroxyl groups excluding tert-OH is 2. The summed E-state index contributed by atoms with van der Waals surface area (Å²) < 4.78 is 1.75. The van der Waals surface area contributed by atoms with Crippen molar-refractivity contribution in [2.45, 2.75) is 19.6 Å². The maximum Gasteiger partial charge on any atom is 0.336 e. The summed E-state index contributed by atoms with van der Waals surface area (Å²) in [5.41, 5.74) is 1.44. The van der Waals surface area contributed by atoms with Crippen LogP contribution >= 0.6 is 0 Å². The summed E-state index contributed by atoms with van der Waals surface area (Å²) in [5, 5.41) is 28.5. The summed E-state index contributed by atoms with van der Waals surface area (Å²) in [4.78, 5) is 11.2. The molecule has 0 aliphatic rings. The van der Waals surface area contributed by atoms with E-state index in [1.54, 1.807) is 29.8 Å². The van der Waals surface area contributed by atoms with E-state index in [2.05, 4.69) is 0 Å². The predicted octanol–water partition coefficient (Wildman–Crippen LogP) is 1.39. The summed E-state index contributed by atoms with van der Waals surface area (Å²) in [6.07, 6.45) is 0.936. The Morgan fingerprint density at radius 3 is 2.72 bits per heavy atom. The zero-order valence-electron chi connectivity index (χ0n) is 10.00. The Kier molecular flexibility index (Phi) is 3.36. The van der Waals surface area contributed by atoms with Crippen molar-refractivity contribution in [1.82, 2.24) is 4.57 Å². The number of benzene rings is 1.